The molecule has 1 aromatic heterocycles. The Labute approximate surface area is 117 Å². The van der Waals surface area contributed by atoms with Gasteiger partial charge in [0.15, 0.2) is 0 Å². The summed E-state index contributed by atoms with van der Waals surface area (Å²) in [4.78, 5) is 16.4. The Balaban J connectivity index is 2.23. The molecule has 0 saturated heterocycles. The lowest BCUT2D eigenvalue weighted by Crippen LogP contribution is -2.32. The monoisotopic (exact) mass is 306 g/mol. The van der Waals surface area contributed by atoms with Crippen molar-refractivity contribution in [2.24, 2.45) is 0 Å². The summed E-state index contributed by atoms with van der Waals surface area (Å²) < 4.78 is 37.5. The van der Waals surface area contributed by atoms with E-state index in [9.17, 15) is 18.0 Å². The molecular weight excluding hydrogens is 297 g/mol. The molecule has 0 fully saturated rings. The van der Waals surface area contributed by atoms with Gasteiger partial charge in [-0.1, -0.05) is 17.7 Å². The fourth-order valence-electron chi connectivity index (χ4n) is 1.90. The molecule has 0 bridgehead atoms. The van der Waals surface area contributed by atoms with E-state index in [-0.39, 0.29) is 36.0 Å². The summed E-state index contributed by atoms with van der Waals surface area (Å²) in [7, 11) is 0. The van der Waals surface area contributed by atoms with Gasteiger partial charge in [-0.2, -0.15) is 13.2 Å². The van der Waals surface area contributed by atoms with Crippen LogP contribution in [0, 0.1) is 0 Å². The quantitative estimate of drug-likeness (QED) is 0.674. The van der Waals surface area contributed by atoms with E-state index < -0.39 is 17.7 Å². The molecule has 0 saturated carbocycles. The predicted octanol–water partition coefficient (Wildman–Crippen LogP) is 3.13. The van der Waals surface area contributed by atoms with Gasteiger partial charge in [0.25, 0.3) is 0 Å². The first-order valence-electron chi connectivity index (χ1n) is 5.69. The van der Waals surface area contributed by atoms with Crippen molar-refractivity contribution in [2.45, 2.75) is 12.6 Å². The summed E-state index contributed by atoms with van der Waals surface area (Å²) in [5.74, 6) is -0.911. The number of aromatic nitrogens is 1. The number of carboxylic acid groups (broad SMARTS) is 1. The topological polar surface area (TPSA) is 53.4 Å². The van der Waals surface area contributed by atoms with Crippen molar-refractivity contribution in [3.63, 3.8) is 0 Å². The van der Waals surface area contributed by atoms with Gasteiger partial charge in [-0.25, -0.2) is 9.78 Å². The second-order valence-electron chi connectivity index (χ2n) is 4.27. The van der Waals surface area contributed by atoms with Crippen LogP contribution in [0.25, 0.3) is 0 Å². The number of hydrogen-bond acceptors (Lipinski definition) is 3. The Morgan fingerprint density at radius 2 is 2.10 bits per heavy atom. The third kappa shape index (κ3) is 3.22. The van der Waals surface area contributed by atoms with Crippen LogP contribution < -0.4 is 4.90 Å². The number of aromatic carboxylic acids is 1. The normalized spacial score (nSPS) is 16.0. The number of carboxylic acids is 1. The molecule has 0 atom stereocenters. The molecular formula is C12H10ClF3N2O2. The van der Waals surface area contributed by atoms with Crippen LogP contribution in [0.15, 0.2) is 23.8 Å². The highest BCUT2D eigenvalue weighted by Gasteiger charge is 2.35. The van der Waals surface area contributed by atoms with Crippen molar-refractivity contribution in [3.8, 4) is 0 Å². The first kappa shape index (κ1) is 14.6. The lowest BCUT2D eigenvalue weighted by atomic mass is 10.1. The molecule has 1 aromatic rings. The maximum Gasteiger partial charge on any atom is 0.412 e. The fraction of sp³-hybridized carbons (Fsp3) is 0.333. The molecule has 1 aliphatic heterocycles. The van der Waals surface area contributed by atoms with Gasteiger partial charge in [-0.3, -0.25) is 0 Å². The van der Waals surface area contributed by atoms with E-state index in [4.69, 9.17) is 16.7 Å². The number of carbonyl (C=O) groups is 1. The smallest absolute Gasteiger partial charge is 0.412 e. The molecule has 20 heavy (non-hydrogen) atoms. The summed E-state index contributed by atoms with van der Waals surface area (Å²) in [5, 5.41) is 8.91. The van der Waals surface area contributed by atoms with Gasteiger partial charge < -0.3 is 10.0 Å². The number of rotatable bonds is 2. The minimum atomic E-state index is -4.32. The summed E-state index contributed by atoms with van der Waals surface area (Å²) in [6.07, 6.45) is -3.41. The van der Waals surface area contributed by atoms with Crippen LogP contribution in [0.1, 0.15) is 16.8 Å². The summed E-state index contributed by atoms with van der Waals surface area (Å²) in [5.41, 5.74) is -0.625. The van der Waals surface area contributed by atoms with Crippen LogP contribution in [0.4, 0.5) is 19.0 Å². The first-order chi connectivity index (χ1) is 9.27. The number of anilines is 1. The zero-order valence-electron chi connectivity index (χ0n) is 10.1. The average Bonchev–Trinajstić information content (AvgIpc) is 2.37. The van der Waals surface area contributed by atoms with Crippen molar-refractivity contribution in [3.05, 3.63) is 34.5 Å². The third-order valence-electron chi connectivity index (χ3n) is 2.92. The molecule has 0 aromatic carbocycles. The van der Waals surface area contributed by atoms with Gasteiger partial charge in [0.1, 0.15) is 11.0 Å². The van der Waals surface area contributed by atoms with Gasteiger partial charge in [0.2, 0.25) is 0 Å². The number of hydrogen-bond donors (Lipinski definition) is 1. The van der Waals surface area contributed by atoms with Crippen molar-refractivity contribution in [1.82, 2.24) is 4.98 Å². The Morgan fingerprint density at radius 3 is 2.60 bits per heavy atom. The summed E-state index contributed by atoms with van der Waals surface area (Å²) >= 11 is 5.72. The molecule has 8 heteroatoms. The molecule has 2 heterocycles. The second-order valence-corrected chi connectivity index (χ2v) is 4.65. The predicted molar refractivity (Wildman–Crippen MR) is 67.2 cm³/mol. The zero-order valence-corrected chi connectivity index (χ0v) is 10.9. The van der Waals surface area contributed by atoms with E-state index in [2.05, 4.69) is 4.98 Å². The summed E-state index contributed by atoms with van der Waals surface area (Å²) in [6.45, 7) is 0.124. The zero-order chi connectivity index (χ0) is 14.9. The molecule has 1 aliphatic rings. The SMILES string of the molecule is O=C(O)c1cc(Cl)nc(N2CC=C(C(F)(F)F)CC2)c1. The highest BCUT2D eigenvalue weighted by molar-refractivity contribution is 6.29. The van der Waals surface area contributed by atoms with E-state index in [1.807, 2.05) is 0 Å². The maximum atomic E-state index is 12.5. The molecule has 4 nitrogen and oxygen atoms in total. The van der Waals surface area contributed by atoms with Crippen LogP contribution in [-0.4, -0.2) is 35.3 Å². The van der Waals surface area contributed by atoms with Gasteiger partial charge in [0.05, 0.1) is 5.56 Å². The number of alkyl halides is 3. The van der Waals surface area contributed by atoms with Crippen LogP contribution in [0.2, 0.25) is 5.15 Å². The third-order valence-corrected chi connectivity index (χ3v) is 3.12. The molecule has 0 amide bonds. The lowest BCUT2D eigenvalue weighted by molar-refractivity contribution is -0.0944. The Hall–Kier alpha value is -1.76. The van der Waals surface area contributed by atoms with Crippen molar-refractivity contribution in [2.75, 3.05) is 18.0 Å². The Morgan fingerprint density at radius 1 is 1.40 bits per heavy atom. The number of halogens is 4. The Bertz CT molecular complexity index is 572. The molecule has 0 unspecified atom stereocenters. The van der Waals surface area contributed by atoms with Crippen LogP contribution >= 0.6 is 11.6 Å². The van der Waals surface area contributed by atoms with Crippen molar-refractivity contribution < 1.29 is 23.1 Å². The van der Waals surface area contributed by atoms with E-state index in [1.165, 1.54) is 12.1 Å². The van der Waals surface area contributed by atoms with Gasteiger partial charge in [-0.15, -0.1) is 0 Å². The van der Waals surface area contributed by atoms with Gasteiger partial charge >= 0.3 is 12.1 Å². The lowest BCUT2D eigenvalue weighted by Gasteiger charge is -2.28. The number of nitrogens with zero attached hydrogens (tertiary/aromatic N) is 2. The van der Waals surface area contributed by atoms with E-state index in [1.54, 1.807) is 4.90 Å². The van der Waals surface area contributed by atoms with E-state index in [0.717, 1.165) is 6.08 Å². The summed E-state index contributed by atoms with van der Waals surface area (Å²) in [6, 6.07) is 2.48. The van der Waals surface area contributed by atoms with Gasteiger partial charge in [0, 0.05) is 18.7 Å². The average molecular weight is 307 g/mol. The first-order valence-corrected chi connectivity index (χ1v) is 6.07. The minimum absolute atomic E-state index is 0.00880. The van der Waals surface area contributed by atoms with Crippen LogP contribution in [0.3, 0.4) is 0 Å². The van der Waals surface area contributed by atoms with Gasteiger partial charge in [-0.05, 0) is 18.6 Å². The van der Waals surface area contributed by atoms with Crippen molar-refractivity contribution >= 4 is 23.4 Å². The number of pyridine rings is 1. The highest BCUT2D eigenvalue weighted by atomic mass is 35.5. The van der Waals surface area contributed by atoms with E-state index >= 15 is 0 Å². The molecule has 0 spiro atoms. The van der Waals surface area contributed by atoms with Crippen LogP contribution in [0.5, 0.6) is 0 Å². The highest BCUT2D eigenvalue weighted by Crippen LogP contribution is 2.31. The fourth-order valence-corrected chi connectivity index (χ4v) is 2.11. The van der Waals surface area contributed by atoms with E-state index in [0.29, 0.717) is 0 Å². The molecule has 1 N–H and O–H groups in total. The standard InChI is InChI=1S/C12H10ClF3N2O2/c13-9-5-7(11(19)20)6-10(17-9)18-3-1-8(2-4-18)12(14,15)16/h1,5-6H,2-4H2,(H,19,20). The molecule has 0 radical (unpaired) electrons. The molecule has 0 aliphatic carbocycles. The second kappa shape index (κ2) is 5.32. The van der Waals surface area contributed by atoms with Crippen molar-refractivity contribution in [1.29, 1.82) is 0 Å². The minimum Gasteiger partial charge on any atom is -0.478 e. The largest absolute Gasteiger partial charge is 0.478 e. The molecule has 2 rings (SSSR count). The maximum absolute atomic E-state index is 12.5. The molecule has 108 valence electrons. The van der Waals surface area contributed by atoms with Crippen LogP contribution in [-0.2, 0) is 0 Å². The Kier molecular flexibility index (Phi) is 3.89.